The number of carbonyl (C=O) groups is 1. The van der Waals surface area contributed by atoms with Crippen molar-refractivity contribution in [1.29, 1.82) is 0 Å². The van der Waals surface area contributed by atoms with Gasteiger partial charge >= 0.3 is 0 Å². The average molecular weight is 442 g/mol. The molecule has 1 aliphatic rings. The molecule has 0 atom stereocenters. The van der Waals surface area contributed by atoms with Crippen molar-refractivity contribution in [3.8, 4) is 5.69 Å². The molecule has 1 N–H and O–H groups in total. The van der Waals surface area contributed by atoms with Crippen LogP contribution in [0.2, 0.25) is 5.02 Å². The molecule has 0 radical (unpaired) electrons. The molecule has 160 valence electrons. The minimum Gasteiger partial charge on any atom is -0.344 e. The Kier molecular flexibility index (Phi) is 5.60. The molecule has 3 aromatic rings. The Labute approximate surface area is 184 Å². The zero-order valence-corrected chi connectivity index (χ0v) is 18.3. The second-order valence-electron chi connectivity index (χ2n) is 8.34. The molecular weight excluding hydrogens is 419 g/mol. The van der Waals surface area contributed by atoms with Crippen LogP contribution in [-0.2, 0) is 6.54 Å². The SMILES string of the molecule is C[N+](C)(C)CCNC(=O)c1nc2n(n1)-c1ccc(Cl)cc1C(c1ccccc1F)=NC2. The number of aromatic nitrogens is 3. The molecule has 0 saturated heterocycles. The summed E-state index contributed by atoms with van der Waals surface area (Å²) in [6.07, 6.45) is 0. The van der Waals surface area contributed by atoms with E-state index in [9.17, 15) is 9.18 Å². The second-order valence-corrected chi connectivity index (χ2v) is 8.78. The molecule has 1 aromatic heterocycles. The van der Waals surface area contributed by atoms with Crippen LogP contribution in [0.1, 0.15) is 27.6 Å². The van der Waals surface area contributed by atoms with Crippen LogP contribution >= 0.6 is 11.6 Å². The Morgan fingerprint density at radius 3 is 2.71 bits per heavy atom. The number of hydrogen-bond acceptors (Lipinski definition) is 4. The van der Waals surface area contributed by atoms with Crippen molar-refractivity contribution in [2.45, 2.75) is 6.54 Å². The highest BCUT2D eigenvalue weighted by Gasteiger charge is 2.25. The molecule has 9 heteroatoms. The van der Waals surface area contributed by atoms with E-state index in [0.29, 0.717) is 39.9 Å². The molecular formula is C22H23ClFN6O+. The number of amides is 1. The van der Waals surface area contributed by atoms with E-state index in [0.717, 1.165) is 11.0 Å². The van der Waals surface area contributed by atoms with Crippen molar-refractivity contribution < 1.29 is 13.7 Å². The predicted molar refractivity (Wildman–Crippen MR) is 117 cm³/mol. The minimum atomic E-state index is -0.378. The number of carbonyl (C=O) groups excluding carboxylic acids is 1. The third-order valence-electron chi connectivity index (χ3n) is 4.89. The monoisotopic (exact) mass is 441 g/mol. The summed E-state index contributed by atoms with van der Waals surface area (Å²) in [7, 11) is 6.16. The molecule has 0 bridgehead atoms. The van der Waals surface area contributed by atoms with Gasteiger partial charge in [-0.25, -0.2) is 14.1 Å². The van der Waals surface area contributed by atoms with Gasteiger partial charge < -0.3 is 9.80 Å². The molecule has 0 spiro atoms. The highest BCUT2D eigenvalue weighted by Crippen LogP contribution is 2.27. The first-order valence-corrected chi connectivity index (χ1v) is 10.2. The fraction of sp³-hybridized carbons (Fsp3) is 0.273. The number of quaternary nitrogens is 1. The van der Waals surface area contributed by atoms with Crippen molar-refractivity contribution >= 4 is 23.2 Å². The van der Waals surface area contributed by atoms with Crippen LogP contribution in [0.4, 0.5) is 4.39 Å². The summed E-state index contributed by atoms with van der Waals surface area (Å²) < 4.78 is 16.8. The van der Waals surface area contributed by atoms with Crippen LogP contribution < -0.4 is 5.32 Å². The van der Waals surface area contributed by atoms with Crippen molar-refractivity contribution in [3.05, 3.63) is 76.1 Å². The maximum absolute atomic E-state index is 14.5. The van der Waals surface area contributed by atoms with Gasteiger partial charge in [-0.2, -0.15) is 0 Å². The maximum atomic E-state index is 14.5. The number of aliphatic imine (C=N–C) groups is 1. The Balaban J connectivity index is 1.71. The van der Waals surface area contributed by atoms with Gasteiger partial charge in [0, 0.05) is 16.1 Å². The zero-order chi connectivity index (χ0) is 22.2. The predicted octanol–water partition coefficient (Wildman–Crippen LogP) is 2.85. The third-order valence-corrected chi connectivity index (χ3v) is 5.13. The van der Waals surface area contributed by atoms with Crippen molar-refractivity contribution in [2.24, 2.45) is 4.99 Å². The molecule has 0 saturated carbocycles. The van der Waals surface area contributed by atoms with Gasteiger partial charge in [0.15, 0.2) is 5.82 Å². The summed E-state index contributed by atoms with van der Waals surface area (Å²) in [5.41, 5.74) is 2.10. The van der Waals surface area contributed by atoms with Crippen molar-refractivity contribution in [2.75, 3.05) is 34.2 Å². The number of likely N-dealkylation sites (N-methyl/N-ethyl adjacent to an activating group) is 1. The van der Waals surface area contributed by atoms with E-state index >= 15 is 0 Å². The number of rotatable bonds is 5. The number of fused-ring (bicyclic) bond motifs is 3. The first kappa shape index (κ1) is 21.1. The standard InChI is InChI=1S/C22H22ClFN6O/c1-30(2,3)11-10-25-22(31)21-27-19-13-26-20(15-6-4-5-7-17(15)24)16-12-14(23)8-9-18(16)29(19)28-21/h4-9,12H,10-11,13H2,1-3H3/p+1. The van der Waals surface area contributed by atoms with Crippen LogP contribution in [-0.4, -0.2) is 65.1 Å². The highest BCUT2D eigenvalue weighted by atomic mass is 35.5. The maximum Gasteiger partial charge on any atom is 0.291 e. The molecule has 31 heavy (non-hydrogen) atoms. The lowest BCUT2D eigenvalue weighted by molar-refractivity contribution is -0.869. The molecule has 0 unspecified atom stereocenters. The fourth-order valence-corrected chi connectivity index (χ4v) is 3.49. The average Bonchev–Trinajstić information content (AvgIpc) is 3.07. The van der Waals surface area contributed by atoms with Crippen LogP contribution in [0.3, 0.4) is 0 Å². The van der Waals surface area contributed by atoms with E-state index < -0.39 is 0 Å². The normalized spacial score (nSPS) is 13.1. The number of nitrogens with zero attached hydrogens (tertiary/aromatic N) is 5. The number of benzene rings is 2. The number of halogens is 2. The van der Waals surface area contributed by atoms with Gasteiger partial charge in [0.2, 0.25) is 5.82 Å². The van der Waals surface area contributed by atoms with Crippen LogP contribution in [0.5, 0.6) is 0 Å². The number of hydrogen-bond donors (Lipinski definition) is 1. The fourth-order valence-electron chi connectivity index (χ4n) is 3.32. The Morgan fingerprint density at radius 2 is 1.97 bits per heavy atom. The Hall–Kier alpha value is -3.10. The molecule has 2 aromatic carbocycles. The Morgan fingerprint density at radius 1 is 1.19 bits per heavy atom. The highest BCUT2D eigenvalue weighted by molar-refractivity contribution is 6.31. The molecule has 1 amide bonds. The van der Waals surface area contributed by atoms with Gasteiger partial charge in [-0.1, -0.05) is 23.7 Å². The van der Waals surface area contributed by atoms with Crippen LogP contribution in [0.25, 0.3) is 5.69 Å². The van der Waals surface area contributed by atoms with E-state index in [1.807, 2.05) is 0 Å². The summed E-state index contributed by atoms with van der Waals surface area (Å²) in [4.78, 5) is 21.6. The molecule has 7 nitrogen and oxygen atoms in total. The molecule has 0 aliphatic carbocycles. The van der Waals surface area contributed by atoms with E-state index in [2.05, 4.69) is 41.5 Å². The number of nitrogens with one attached hydrogen (secondary N) is 1. The first-order valence-electron chi connectivity index (χ1n) is 9.87. The van der Waals surface area contributed by atoms with Gasteiger partial charge in [-0.3, -0.25) is 9.79 Å². The lowest BCUT2D eigenvalue weighted by atomic mass is 10.00. The van der Waals surface area contributed by atoms with Gasteiger partial charge in [-0.15, -0.1) is 5.10 Å². The molecule has 2 heterocycles. The van der Waals surface area contributed by atoms with Gasteiger partial charge in [0.25, 0.3) is 5.91 Å². The Bertz CT molecular complexity index is 1180. The first-order chi connectivity index (χ1) is 14.7. The molecule has 4 rings (SSSR count). The van der Waals surface area contributed by atoms with Crippen molar-refractivity contribution in [1.82, 2.24) is 20.1 Å². The summed E-state index contributed by atoms with van der Waals surface area (Å²) in [6, 6.07) is 11.7. The quantitative estimate of drug-likeness (QED) is 0.619. The summed E-state index contributed by atoms with van der Waals surface area (Å²) in [5, 5.41) is 7.77. The van der Waals surface area contributed by atoms with E-state index in [1.54, 1.807) is 41.1 Å². The van der Waals surface area contributed by atoms with Crippen molar-refractivity contribution in [3.63, 3.8) is 0 Å². The summed E-state index contributed by atoms with van der Waals surface area (Å²) in [5.74, 6) is -0.159. The van der Waals surface area contributed by atoms with E-state index in [4.69, 9.17) is 11.6 Å². The zero-order valence-electron chi connectivity index (χ0n) is 17.6. The van der Waals surface area contributed by atoms with Gasteiger partial charge in [0.1, 0.15) is 5.82 Å². The van der Waals surface area contributed by atoms with E-state index in [-0.39, 0.29) is 24.1 Å². The van der Waals surface area contributed by atoms with Gasteiger partial charge in [0.05, 0.1) is 52.2 Å². The smallest absolute Gasteiger partial charge is 0.291 e. The molecule has 1 aliphatic heterocycles. The second kappa shape index (κ2) is 8.20. The topological polar surface area (TPSA) is 72.2 Å². The third kappa shape index (κ3) is 4.50. The van der Waals surface area contributed by atoms with Crippen LogP contribution in [0.15, 0.2) is 47.5 Å². The largest absolute Gasteiger partial charge is 0.344 e. The molecule has 0 fully saturated rings. The lowest BCUT2D eigenvalue weighted by Gasteiger charge is -2.23. The summed E-state index contributed by atoms with van der Waals surface area (Å²) >= 11 is 6.24. The lowest BCUT2D eigenvalue weighted by Crippen LogP contribution is -2.42. The summed E-state index contributed by atoms with van der Waals surface area (Å²) in [6.45, 7) is 1.43. The minimum absolute atomic E-state index is 0.0712. The van der Waals surface area contributed by atoms with Gasteiger partial charge in [-0.05, 0) is 30.3 Å². The van der Waals surface area contributed by atoms with Crippen LogP contribution in [0, 0.1) is 5.82 Å². The van der Waals surface area contributed by atoms with E-state index in [1.165, 1.54) is 6.07 Å².